The first kappa shape index (κ1) is 12.8. The average Bonchev–Trinajstić information content (AvgIpc) is 2.37. The molecule has 0 aliphatic rings. The normalized spacial score (nSPS) is 10.2. The molecule has 3 N–H and O–H groups in total. The molecule has 2 rings (SSSR count). The molecule has 6 heteroatoms. The molecule has 0 saturated carbocycles. The molecular weight excluding hydrogens is 273 g/mol. The Labute approximate surface area is 115 Å². The molecule has 4 nitrogen and oxygen atoms in total. The number of anilines is 3. The Bertz CT molecular complexity index is 558. The molecule has 18 heavy (non-hydrogen) atoms. The number of nitrogens with two attached hydrogens (primary N) is 1. The zero-order valence-electron chi connectivity index (χ0n) is 9.58. The van der Waals surface area contributed by atoms with Crippen molar-refractivity contribution in [3.8, 4) is 5.75 Å². The lowest BCUT2D eigenvalue weighted by atomic mass is 10.3. The third-order valence-corrected chi connectivity index (χ3v) is 2.90. The van der Waals surface area contributed by atoms with Gasteiger partial charge in [0.2, 0.25) is 0 Å². The van der Waals surface area contributed by atoms with Gasteiger partial charge < -0.3 is 15.8 Å². The second-order valence-corrected chi connectivity index (χ2v) is 4.35. The highest BCUT2D eigenvalue weighted by Crippen LogP contribution is 2.29. The third-order valence-electron chi connectivity index (χ3n) is 2.31. The number of halogens is 2. The summed E-state index contributed by atoms with van der Waals surface area (Å²) in [4.78, 5) is 4.08. The number of aromatic nitrogens is 1. The van der Waals surface area contributed by atoms with Crippen molar-refractivity contribution in [1.82, 2.24) is 4.98 Å². The van der Waals surface area contributed by atoms with E-state index in [0.717, 1.165) is 11.4 Å². The lowest BCUT2D eigenvalue weighted by Crippen LogP contribution is -1.99. The van der Waals surface area contributed by atoms with E-state index in [2.05, 4.69) is 10.3 Å². The Morgan fingerprint density at radius 2 is 1.83 bits per heavy atom. The Hall–Kier alpha value is -1.65. The highest BCUT2D eigenvalue weighted by Gasteiger charge is 2.07. The van der Waals surface area contributed by atoms with Gasteiger partial charge in [-0.1, -0.05) is 23.2 Å². The fourth-order valence-corrected chi connectivity index (χ4v) is 1.79. The summed E-state index contributed by atoms with van der Waals surface area (Å²) in [5, 5.41) is 3.80. The first-order chi connectivity index (χ1) is 8.60. The third kappa shape index (κ3) is 2.78. The second kappa shape index (κ2) is 5.33. The Morgan fingerprint density at radius 1 is 1.17 bits per heavy atom. The minimum atomic E-state index is 0.233. The van der Waals surface area contributed by atoms with Gasteiger partial charge in [0.15, 0.2) is 5.82 Å². The lowest BCUT2D eigenvalue weighted by Gasteiger charge is -2.09. The number of nitrogens with one attached hydrogen (secondary N) is 1. The molecule has 0 unspecified atom stereocenters. The number of ether oxygens (including phenoxy) is 1. The molecule has 0 saturated heterocycles. The van der Waals surface area contributed by atoms with E-state index in [4.69, 9.17) is 33.7 Å². The Kier molecular flexibility index (Phi) is 3.79. The van der Waals surface area contributed by atoms with E-state index in [9.17, 15) is 0 Å². The van der Waals surface area contributed by atoms with Gasteiger partial charge in [0, 0.05) is 5.69 Å². The fourth-order valence-electron chi connectivity index (χ4n) is 1.38. The van der Waals surface area contributed by atoms with E-state index in [1.807, 2.05) is 24.3 Å². The van der Waals surface area contributed by atoms with Crippen LogP contribution in [0, 0.1) is 0 Å². The van der Waals surface area contributed by atoms with Gasteiger partial charge in [-0.15, -0.1) is 0 Å². The molecule has 94 valence electrons. The summed E-state index contributed by atoms with van der Waals surface area (Å²) in [5.41, 5.74) is 6.45. The summed E-state index contributed by atoms with van der Waals surface area (Å²) in [6.07, 6.45) is 0. The van der Waals surface area contributed by atoms with Crippen LogP contribution in [0.3, 0.4) is 0 Å². The van der Waals surface area contributed by atoms with Crippen molar-refractivity contribution in [1.29, 1.82) is 0 Å². The maximum absolute atomic E-state index is 6.02. The predicted molar refractivity (Wildman–Crippen MR) is 74.9 cm³/mol. The van der Waals surface area contributed by atoms with E-state index in [1.54, 1.807) is 13.2 Å². The van der Waals surface area contributed by atoms with Crippen LogP contribution >= 0.6 is 23.2 Å². The van der Waals surface area contributed by atoms with E-state index in [-0.39, 0.29) is 5.82 Å². The monoisotopic (exact) mass is 283 g/mol. The topological polar surface area (TPSA) is 60.2 Å². The van der Waals surface area contributed by atoms with Crippen LogP contribution in [0.25, 0.3) is 0 Å². The zero-order chi connectivity index (χ0) is 13.1. The summed E-state index contributed by atoms with van der Waals surface area (Å²) >= 11 is 11.8. The first-order valence-electron chi connectivity index (χ1n) is 5.12. The summed E-state index contributed by atoms with van der Waals surface area (Å²) in [5.74, 6) is 1.47. The molecule has 0 bridgehead atoms. The SMILES string of the molecule is COc1ccc(Nc2nc(N)c(Cl)cc2Cl)cc1. The van der Waals surface area contributed by atoms with Crippen LogP contribution in [-0.2, 0) is 0 Å². The number of hydrogen-bond acceptors (Lipinski definition) is 4. The molecule has 0 aliphatic carbocycles. The highest BCUT2D eigenvalue weighted by atomic mass is 35.5. The second-order valence-electron chi connectivity index (χ2n) is 3.54. The number of rotatable bonds is 3. The minimum Gasteiger partial charge on any atom is -0.497 e. The van der Waals surface area contributed by atoms with E-state index in [0.29, 0.717) is 15.9 Å². The van der Waals surface area contributed by atoms with E-state index >= 15 is 0 Å². The van der Waals surface area contributed by atoms with Crippen molar-refractivity contribution in [2.45, 2.75) is 0 Å². The number of benzene rings is 1. The van der Waals surface area contributed by atoms with Crippen LogP contribution < -0.4 is 15.8 Å². The highest BCUT2D eigenvalue weighted by molar-refractivity contribution is 6.37. The Morgan fingerprint density at radius 3 is 2.44 bits per heavy atom. The Balaban J connectivity index is 2.25. The van der Waals surface area contributed by atoms with Gasteiger partial charge in [0.25, 0.3) is 0 Å². The minimum absolute atomic E-state index is 0.233. The maximum Gasteiger partial charge on any atom is 0.151 e. The molecule has 0 spiro atoms. The van der Waals surface area contributed by atoms with Crippen LogP contribution in [0.4, 0.5) is 17.3 Å². The van der Waals surface area contributed by atoms with Crippen LogP contribution in [0.5, 0.6) is 5.75 Å². The summed E-state index contributed by atoms with van der Waals surface area (Å²) in [6.45, 7) is 0. The molecular formula is C12H11Cl2N3O. The van der Waals surface area contributed by atoms with Crippen molar-refractivity contribution in [2.24, 2.45) is 0 Å². The summed E-state index contributed by atoms with van der Waals surface area (Å²) < 4.78 is 5.07. The van der Waals surface area contributed by atoms with Gasteiger partial charge >= 0.3 is 0 Å². The maximum atomic E-state index is 6.02. The fraction of sp³-hybridized carbons (Fsp3) is 0.0833. The smallest absolute Gasteiger partial charge is 0.151 e. The average molecular weight is 284 g/mol. The van der Waals surface area contributed by atoms with Gasteiger partial charge in [-0.2, -0.15) is 0 Å². The standard InChI is InChI=1S/C12H11Cl2N3O/c1-18-8-4-2-7(3-5-8)16-12-10(14)6-9(13)11(15)17-12/h2-6H,1H3,(H3,15,16,17). The number of nitrogens with zero attached hydrogens (tertiary/aromatic N) is 1. The van der Waals surface area contributed by atoms with Crippen molar-refractivity contribution in [3.05, 3.63) is 40.4 Å². The molecule has 0 amide bonds. The van der Waals surface area contributed by atoms with E-state index in [1.165, 1.54) is 0 Å². The molecule has 2 aromatic rings. The number of methoxy groups -OCH3 is 1. The van der Waals surface area contributed by atoms with Gasteiger partial charge in [0.05, 0.1) is 17.2 Å². The molecule has 0 atom stereocenters. The van der Waals surface area contributed by atoms with Crippen molar-refractivity contribution >= 4 is 40.5 Å². The summed E-state index contributed by atoms with van der Waals surface area (Å²) in [6, 6.07) is 8.91. The largest absolute Gasteiger partial charge is 0.497 e. The quantitative estimate of drug-likeness (QED) is 0.901. The van der Waals surface area contributed by atoms with Crippen LogP contribution in [0.2, 0.25) is 10.0 Å². The van der Waals surface area contributed by atoms with Gasteiger partial charge in [0.1, 0.15) is 11.6 Å². The lowest BCUT2D eigenvalue weighted by molar-refractivity contribution is 0.415. The number of nitrogen functional groups attached to an aromatic ring is 1. The summed E-state index contributed by atoms with van der Waals surface area (Å²) in [7, 11) is 1.61. The van der Waals surface area contributed by atoms with Crippen LogP contribution in [0.15, 0.2) is 30.3 Å². The molecule has 1 aromatic carbocycles. The van der Waals surface area contributed by atoms with Gasteiger partial charge in [-0.25, -0.2) is 4.98 Å². The van der Waals surface area contributed by atoms with Crippen LogP contribution in [0.1, 0.15) is 0 Å². The zero-order valence-corrected chi connectivity index (χ0v) is 11.1. The van der Waals surface area contributed by atoms with Crippen LogP contribution in [-0.4, -0.2) is 12.1 Å². The first-order valence-corrected chi connectivity index (χ1v) is 5.88. The molecule has 1 heterocycles. The molecule has 0 radical (unpaired) electrons. The molecule has 0 fully saturated rings. The van der Waals surface area contributed by atoms with Crippen molar-refractivity contribution in [2.75, 3.05) is 18.2 Å². The van der Waals surface area contributed by atoms with Gasteiger partial charge in [-0.05, 0) is 30.3 Å². The molecule has 0 aliphatic heterocycles. The van der Waals surface area contributed by atoms with E-state index < -0.39 is 0 Å². The van der Waals surface area contributed by atoms with Crippen molar-refractivity contribution < 1.29 is 4.74 Å². The predicted octanol–water partition coefficient (Wildman–Crippen LogP) is 3.72. The van der Waals surface area contributed by atoms with Gasteiger partial charge in [-0.3, -0.25) is 0 Å². The molecule has 1 aromatic heterocycles. The van der Waals surface area contributed by atoms with Crippen molar-refractivity contribution in [3.63, 3.8) is 0 Å². The number of pyridine rings is 1. The number of hydrogen-bond donors (Lipinski definition) is 2.